The molecular weight excluding hydrogens is 234 g/mol. The Morgan fingerprint density at radius 1 is 1.44 bits per heavy atom. The van der Waals surface area contributed by atoms with Crippen LogP contribution in [0.1, 0.15) is 17.9 Å². The fourth-order valence-corrected chi connectivity index (χ4v) is 2.80. The summed E-state index contributed by atoms with van der Waals surface area (Å²) < 4.78 is 5.73. The molecule has 3 rings (SSSR count). The van der Waals surface area contributed by atoms with Crippen molar-refractivity contribution in [3.8, 4) is 5.75 Å². The number of aliphatic carboxylic acids is 1. The highest BCUT2D eigenvalue weighted by atomic mass is 16.5. The third-order valence-electron chi connectivity index (χ3n) is 3.75. The van der Waals surface area contributed by atoms with Gasteiger partial charge in [0.05, 0.1) is 0 Å². The first-order valence-electron chi connectivity index (χ1n) is 5.84. The van der Waals surface area contributed by atoms with Crippen molar-refractivity contribution in [2.75, 3.05) is 7.05 Å². The summed E-state index contributed by atoms with van der Waals surface area (Å²) in [7, 11) is 1.59. The van der Waals surface area contributed by atoms with Crippen LogP contribution in [0.3, 0.4) is 0 Å². The molecule has 1 aromatic rings. The molecule has 5 nitrogen and oxygen atoms in total. The molecular formula is C13H13NO4. The van der Waals surface area contributed by atoms with Gasteiger partial charge >= 0.3 is 5.97 Å². The Hall–Kier alpha value is -2.04. The van der Waals surface area contributed by atoms with Crippen molar-refractivity contribution in [3.05, 3.63) is 29.8 Å². The summed E-state index contributed by atoms with van der Waals surface area (Å²) in [5.74, 6) is -2.05. The molecule has 1 fully saturated rings. The Balaban J connectivity index is 2.12. The van der Waals surface area contributed by atoms with E-state index in [1.54, 1.807) is 7.05 Å². The fourth-order valence-electron chi connectivity index (χ4n) is 2.80. The standard InChI is InChI=1S/C13H13NO4/c1-14-10-6-8(11(12(14)15)13(16)17)7-4-2-3-5-9(7)18-10/h2-5,8,10-11H,6H2,1H3,(H,16,17)/t8-,10+,11-/m0/s1. The van der Waals surface area contributed by atoms with E-state index in [4.69, 9.17) is 4.74 Å². The topological polar surface area (TPSA) is 66.8 Å². The lowest BCUT2D eigenvalue weighted by Gasteiger charge is -2.44. The van der Waals surface area contributed by atoms with Gasteiger partial charge in [0.2, 0.25) is 5.91 Å². The third-order valence-corrected chi connectivity index (χ3v) is 3.75. The molecule has 0 unspecified atom stereocenters. The van der Waals surface area contributed by atoms with E-state index in [0.717, 1.165) is 5.56 Å². The van der Waals surface area contributed by atoms with Crippen molar-refractivity contribution in [1.29, 1.82) is 0 Å². The van der Waals surface area contributed by atoms with Crippen LogP contribution in [0.4, 0.5) is 0 Å². The number of carboxylic acids is 1. The van der Waals surface area contributed by atoms with Crippen molar-refractivity contribution in [2.24, 2.45) is 5.92 Å². The van der Waals surface area contributed by atoms with Gasteiger partial charge in [0, 0.05) is 19.4 Å². The average molecular weight is 247 g/mol. The number of carbonyl (C=O) groups is 2. The van der Waals surface area contributed by atoms with Crippen molar-refractivity contribution < 1.29 is 19.4 Å². The molecule has 1 saturated heterocycles. The molecule has 18 heavy (non-hydrogen) atoms. The van der Waals surface area contributed by atoms with E-state index in [1.807, 2.05) is 24.3 Å². The second-order valence-corrected chi connectivity index (χ2v) is 4.72. The summed E-state index contributed by atoms with van der Waals surface area (Å²) in [5.41, 5.74) is 0.822. The van der Waals surface area contributed by atoms with Crippen LogP contribution in [0.25, 0.3) is 0 Å². The maximum Gasteiger partial charge on any atom is 0.316 e. The Morgan fingerprint density at radius 3 is 2.89 bits per heavy atom. The van der Waals surface area contributed by atoms with Crippen LogP contribution in [-0.4, -0.2) is 35.2 Å². The summed E-state index contributed by atoms with van der Waals surface area (Å²) in [4.78, 5) is 24.8. The molecule has 0 saturated carbocycles. The Labute approximate surface area is 104 Å². The van der Waals surface area contributed by atoms with Gasteiger partial charge in [-0.2, -0.15) is 0 Å². The number of ether oxygens (including phenoxy) is 1. The van der Waals surface area contributed by atoms with E-state index in [2.05, 4.69) is 0 Å². The zero-order chi connectivity index (χ0) is 12.9. The number of hydrogen-bond donors (Lipinski definition) is 1. The molecule has 2 aliphatic rings. The molecule has 1 N–H and O–H groups in total. The van der Waals surface area contributed by atoms with Crippen molar-refractivity contribution in [1.82, 2.24) is 4.90 Å². The number of carboxylic acid groups (broad SMARTS) is 1. The number of amides is 1. The van der Waals surface area contributed by atoms with Gasteiger partial charge < -0.3 is 14.7 Å². The summed E-state index contributed by atoms with van der Waals surface area (Å²) in [6.45, 7) is 0. The van der Waals surface area contributed by atoms with Crippen molar-refractivity contribution in [2.45, 2.75) is 18.6 Å². The van der Waals surface area contributed by atoms with Gasteiger partial charge in [0.25, 0.3) is 0 Å². The average Bonchev–Trinajstić information content (AvgIpc) is 2.36. The summed E-state index contributed by atoms with van der Waals surface area (Å²) >= 11 is 0. The fraction of sp³-hybridized carbons (Fsp3) is 0.385. The van der Waals surface area contributed by atoms with Gasteiger partial charge in [-0.1, -0.05) is 18.2 Å². The van der Waals surface area contributed by atoms with E-state index in [-0.39, 0.29) is 18.1 Å². The van der Waals surface area contributed by atoms with Gasteiger partial charge in [0.1, 0.15) is 11.7 Å². The molecule has 2 heterocycles. The summed E-state index contributed by atoms with van der Waals surface area (Å²) in [6, 6.07) is 7.34. The molecule has 3 atom stereocenters. The summed E-state index contributed by atoms with van der Waals surface area (Å²) in [6.07, 6.45) is 0.184. The number of piperidine rings is 1. The minimum Gasteiger partial charge on any atom is -0.481 e. The number of hydrogen-bond acceptors (Lipinski definition) is 3. The monoisotopic (exact) mass is 247 g/mol. The van der Waals surface area contributed by atoms with Crippen LogP contribution in [0, 0.1) is 5.92 Å². The van der Waals surface area contributed by atoms with Crippen LogP contribution >= 0.6 is 0 Å². The number of carbonyl (C=O) groups excluding carboxylic acids is 1. The van der Waals surface area contributed by atoms with Crippen LogP contribution in [-0.2, 0) is 9.59 Å². The van der Waals surface area contributed by atoms with Crippen molar-refractivity contribution in [3.63, 3.8) is 0 Å². The van der Waals surface area contributed by atoms with E-state index in [1.165, 1.54) is 4.90 Å². The molecule has 1 amide bonds. The maximum absolute atomic E-state index is 12.1. The van der Waals surface area contributed by atoms with E-state index >= 15 is 0 Å². The normalized spacial score (nSPS) is 29.5. The van der Waals surface area contributed by atoms with E-state index < -0.39 is 11.9 Å². The second kappa shape index (κ2) is 3.73. The first-order valence-corrected chi connectivity index (χ1v) is 5.84. The maximum atomic E-state index is 12.1. The van der Waals surface area contributed by atoms with Gasteiger partial charge in [-0.05, 0) is 11.6 Å². The molecule has 0 aliphatic carbocycles. The van der Waals surface area contributed by atoms with Crippen LogP contribution in [0.2, 0.25) is 0 Å². The summed E-state index contributed by atoms with van der Waals surface area (Å²) in [5, 5.41) is 9.28. The van der Waals surface area contributed by atoms with Crippen molar-refractivity contribution >= 4 is 11.9 Å². The molecule has 0 spiro atoms. The Bertz CT molecular complexity index is 527. The SMILES string of the molecule is CN1C(=O)[C@@H](C(=O)O)[C@H]2C[C@H]1Oc1ccccc12. The molecule has 0 radical (unpaired) electrons. The molecule has 0 aromatic heterocycles. The molecule has 5 heteroatoms. The van der Waals surface area contributed by atoms with Crippen LogP contribution < -0.4 is 4.74 Å². The lowest BCUT2D eigenvalue weighted by molar-refractivity contribution is -0.163. The first-order chi connectivity index (χ1) is 8.59. The number of fused-ring (bicyclic) bond motifs is 4. The minimum absolute atomic E-state index is 0.291. The smallest absolute Gasteiger partial charge is 0.316 e. The minimum atomic E-state index is -1.06. The van der Waals surface area contributed by atoms with Crippen LogP contribution in [0.15, 0.2) is 24.3 Å². The molecule has 2 aliphatic heterocycles. The quantitative estimate of drug-likeness (QED) is 0.753. The third kappa shape index (κ3) is 1.40. The number of rotatable bonds is 1. The Kier molecular flexibility index (Phi) is 2.29. The Morgan fingerprint density at radius 2 is 2.17 bits per heavy atom. The van der Waals surface area contributed by atoms with Gasteiger partial charge in [-0.25, -0.2) is 0 Å². The lowest BCUT2D eigenvalue weighted by Crippen LogP contribution is -2.55. The lowest BCUT2D eigenvalue weighted by atomic mass is 9.77. The predicted octanol–water partition coefficient (Wildman–Crippen LogP) is 1.05. The number of likely N-dealkylation sites (tertiary alicyclic amines) is 1. The van der Waals surface area contributed by atoms with E-state index in [0.29, 0.717) is 12.2 Å². The number of benzene rings is 1. The predicted molar refractivity (Wildman–Crippen MR) is 62.1 cm³/mol. The zero-order valence-electron chi connectivity index (χ0n) is 9.87. The van der Waals surface area contributed by atoms with Crippen LogP contribution in [0.5, 0.6) is 5.75 Å². The van der Waals surface area contributed by atoms with Gasteiger partial charge in [0.15, 0.2) is 6.23 Å². The number of para-hydroxylation sites is 1. The highest BCUT2D eigenvalue weighted by molar-refractivity contribution is 5.99. The van der Waals surface area contributed by atoms with Gasteiger partial charge in [-0.15, -0.1) is 0 Å². The first kappa shape index (κ1) is 11.1. The molecule has 2 bridgehead atoms. The molecule has 94 valence electrons. The highest BCUT2D eigenvalue weighted by Gasteiger charge is 2.49. The highest BCUT2D eigenvalue weighted by Crippen LogP contribution is 2.45. The van der Waals surface area contributed by atoms with E-state index in [9.17, 15) is 14.7 Å². The molecule has 1 aromatic carbocycles. The zero-order valence-corrected chi connectivity index (χ0v) is 9.87. The van der Waals surface area contributed by atoms with Gasteiger partial charge in [-0.3, -0.25) is 9.59 Å². The second-order valence-electron chi connectivity index (χ2n) is 4.72. The largest absolute Gasteiger partial charge is 0.481 e. The number of nitrogens with zero attached hydrogens (tertiary/aromatic N) is 1.